The van der Waals surface area contributed by atoms with Crippen molar-refractivity contribution < 1.29 is 13.9 Å². The quantitative estimate of drug-likeness (QED) is 0.516. The molecule has 6 heteroatoms. The minimum Gasteiger partial charge on any atom is -0.494 e. The van der Waals surface area contributed by atoms with E-state index in [4.69, 9.17) is 4.74 Å². The number of benzene rings is 1. The van der Waals surface area contributed by atoms with E-state index < -0.39 is 11.2 Å². The Labute approximate surface area is 199 Å². The van der Waals surface area contributed by atoms with Crippen molar-refractivity contribution in [3.8, 4) is 16.9 Å². The fourth-order valence-electron chi connectivity index (χ4n) is 5.67. The summed E-state index contributed by atoms with van der Waals surface area (Å²) in [5, 5.41) is 3.39. The number of fused-ring (bicyclic) bond motifs is 1. The first-order valence-electron chi connectivity index (χ1n) is 11.6. The Bertz CT molecular complexity index is 1330. The highest BCUT2D eigenvalue weighted by Gasteiger charge is 2.49. The summed E-state index contributed by atoms with van der Waals surface area (Å²) < 4.78 is 20.1. The van der Waals surface area contributed by atoms with Crippen LogP contribution in [0.2, 0.25) is 0 Å². The molecule has 0 spiro atoms. The predicted molar refractivity (Wildman–Crippen MR) is 130 cm³/mol. The molecule has 0 bridgehead atoms. The third kappa shape index (κ3) is 3.40. The van der Waals surface area contributed by atoms with Crippen molar-refractivity contribution >= 4 is 11.6 Å². The number of ether oxygens (including phenoxy) is 1. The number of ketones is 1. The fraction of sp³-hybridized carbons (Fsp3) is 0.321. The number of aromatic nitrogens is 2. The molecule has 1 aliphatic carbocycles. The molecule has 2 aliphatic rings. The van der Waals surface area contributed by atoms with Gasteiger partial charge in [0, 0.05) is 35.0 Å². The van der Waals surface area contributed by atoms with Crippen molar-refractivity contribution in [3.63, 3.8) is 0 Å². The van der Waals surface area contributed by atoms with Crippen LogP contribution in [0.15, 0.2) is 66.3 Å². The van der Waals surface area contributed by atoms with Gasteiger partial charge >= 0.3 is 0 Å². The summed E-state index contributed by atoms with van der Waals surface area (Å²) in [6.07, 6.45) is 6.41. The molecule has 5 nitrogen and oxygen atoms in total. The Balaban J connectivity index is 1.80. The molecule has 2 aromatic heterocycles. The van der Waals surface area contributed by atoms with Crippen LogP contribution in [0, 0.1) is 11.2 Å². The molecule has 0 saturated carbocycles. The lowest BCUT2D eigenvalue weighted by Gasteiger charge is -2.46. The Morgan fingerprint density at radius 3 is 2.74 bits per heavy atom. The second-order valence-corrected chi connectivity index (χ2v) is 9.88. The Morgan fingerprint density at radius 2 is 1.97 bits per heavy atom. The monoisotopic (exact) mass is 457 g/mol. The highest BCUT2D eigenvalue weighted by molar-refractivity contribution is 6.03. The lowest BCUT2D eigenvalue weighted by molar-refractivity contribution is -0.118. The largest absolute Gasteiger partial charge is 0.494 e. The van der Waals surface area contributed by atoms with E-state index in [1.165, 1.54) is 12.3 Å². The van der Waals surface area contributed by atoms with E-state index in [0.29, 0.717) is 30.0 Å². The summed E-state index contributed by atoms with van der Waals surface area (Å²) in [7, 11) is 1.62. The van der Waals surface area contributed by atoms with E-state index in [2.05, 4.69) is 42.1 Å². The van der Waals surface area contributed by atoms with Crippen molar-refractivity contribution in [2.24, 2.45) is 5.41 Å². The zero-order valence-corrected chi connectivity index (χ0v) is 19.9. The molecule has 0 amide bonds. The smallest absolute Gasteiger partial charge is 0.162 e. The first-order valence-corrected chi connectivity index (χ1v) is 11.6. The lowest BCUT2D eigenvalue weighted by atomic mass is 9.59. The van der Waals surface area contributed by atoms with Crippen molar-refractivity contribution in [1.29, 1.82) is 0 Å². The van der Waals surface area contributed by atoms with Gasteiger partial charge in [0.05, 0.1) is 24.9 Å². The van der Waals surface area contributed by atoms with Crippen molar-refractivity contribution in [2.75, 3.05) is 12.4 Å². The SMILES string of the molecule is CC[C@@]1(c2cccc(-c3ccncc3OC)c2)C2=C(CC(C)(C)CC2=O)Nc2ncc(F)cc21. The molecule has 1 atom stereocenters. The van der Waals surface area contributed by atoms with Crippen LogP contribution in [-0.2, 0) is 10.2 Å². The summed E-state index contributed by atoms with van der Waals surface area (Å²) in [6.45, 7) is 6.26. The highest BCUT2D eigenvalue weighted by Crippen LogP contribution is 2.54. The maximum absolute atomic E-state index is 14.6. The number of carbonyl (C=O) groups is 1. The number of hydrogen-bond donors (Lipinski definition) is 1. The van der Waals surface area contributed by atoms with Gasteiger partial charge in [-0.2, -0.15) is 0 Å². The number of methoxy groups -OCH3 is 1. The topological polar surface area (TPSA) is 64.1 Å². The van der Waals surface area contributed by atoms with Crippen LogP contribution < -0.4 is 10.1 Å². The molecular formula is C28H28FN3O2. The van der Waals surface area contributed by atoms with Gasteiger partial charge in [0.15, 0.2) is 5.78 Å². The van der Waals surface area contributed by atoms with Crippen LogP contribution in [0.4, 0.5) is 10.2 Å². The summed E-state index contributed by atoms with van der Waals surface area (Å²) in [5.41, 5.74) is 4.13. The molecule has 5 rings (SSSR count). The second kappa shape index (κ2) is 8.05. The molecule has 0 radical (unpaired) electrons. The van der Waals surface area contributed by atoms with Gasteiger partial charge in [0.25, 0.3) is 0 Å². The Morgan fingerprint density at radius 1 is 1.15 bits per heavy atom. The first kappa shape index (κ1) is 22.3. The lowest BCUT2D eigenvalue weighted by Crippen LogP contribution is -2.43. The van der Waals surface area contributed by atoms with Gasteiger partial charge in [-0.05, 0) is 47.6 Å². The number of Topliss-reactive ketones (excluding diaryl/α,β-unsaturated/α-hetero) is 1. The number of anilines is 1. The second-order valence-electron chi connectivity index (χ2n) is 9.88. The molecule has 174 valence electrons. The number of pyridine rings is 2. The summed E-state index contributed by atoms with van der Waals surface area (Å²) in [4.78, 5) is 22.3. The molecule has 0 fully saturated rings. The third-order valence-electron chi connectivity index (χ3n) is 7.09. The van der Waals surface area contributed by atoms with E-state index in [1.807, 2.05) is 24.3 Å². The van der Waals surface area contributed by atoms with E-state index in [1.54, 1.807) is 19.5 Å². The number of carbonyl (C=O) groups excluding carboxylic acids is 1. The van der Waals surface area contributed by atoms with Crippen molar-refractivity contribution in [2.45, 2.75) is 45.4 Å². The van der Waals surface area contributed by atoms with Crippen molar-refractivity contribution in [3.05, 3.63) is 83.2 Å². The number of hydrogen-bond acceptors (Lipinski definition) is 5. The molecule has 34 heavy (non-hydrogen) atoms. The maximum atomic E-state index is 14.6. The summed E-state index contributed by atoms with van der Waals surface area (Å²) in [6, 6.07) is 11.5. The third-order valence-corrected chi connectivity index (χ3v) is 7.09. The van der Waals surface area contributed by atoms with Crippen LogP contribution >= 0.6 is 0 Å². The van der Waals surface area contributed by atoms with Gasteiger partial charge in [-0.3, -0.25) is 9.78 Å². The molecule has 3 aromatic rings. The molecule has 0 unspecified atom stereocenters. The maximum Gasteiger partial charge on any atom is 0.162 e. The van der Waals surface area contributed by atoms with Gasteiger partial charge in [-0.1, -0.05) is 39.0 Å². The summed E-state index contributed by atoms with van der Waals surface area (Å²) >= 11 is 0. The van der Waals surface area contributed by atoms with Crippen LogP contribution in [0.3, 0.4) is 0 Å². The van der Waals surface area contributed by atoms with Crippen LogP contribution in [0.25, 0.3) is 11.1 Å². The molecular weight excluding hydrogens is 429 g/mol. The van der Waals surface area contributed by atoms with Crippen molar-refractivity contribution in [1.82, 2.24) is 9.97 Å². The molecule has 0 saturated heterocycles. The van der Waals surface area contributed by atoms with Gasteiger partial charge in [-0.15, -0.1) is 0 Å². The Hall–Kier alpha value is -3.54. The highest BCUT2D eigenvalue weighted by atomic mass is 19.1. The minimum atomic E-state index is -0.811. The molecule has 1 aliphatic heterocycles. The fourth-order valence-corrected chi connectivity index (χ4v) is 5.67. The Kier molecular flexibility index (Phi) is 5.27. The average Bonchev–Trinajstić information content (AvgIpc) is 2.82. The van der Waals surface area contributed by atoms with Gasteiger partial charge in [0.1, 0.15) is 17.4 Å². The standard InChI is InChI=1S/C28H28FN3O2/c1-5-28(18-8-6-7-17(11-18)20-9-10-30-16-24(20)34-4)21-12-19(29)15-31-26(21)32-22-13-27(2,3)14-23(33)25(22)28/h6-12,15-16H,5,13-14H2,1-4H3,(H,31,32)/t28-/m0/s1. The van der Waals surface area contributed by atoms with E-state index in [-0.39, 0.29) is 11.2 Å². The van der Waals surface area contributed by atoms with Crippen LogP contribution in [0.1, 0.15) is 51.2 Å². The average molecular weight is 458 g/mol. The van der Waals surface area contributed by atoms with Gasteiger partial charge in [-0.25, -0.2) is 9.37 Å². The van der Waals surface area contributed by atoms with E-state index in [0.717, 1.165) is 34.4 Å². The molecule has 1 aromatic carbocycles. The first-order chi connectivity index (χ1) is 16.3. The number of allylic oxidation sites excluding steroid dienone is 2. The molecule has 3 heterocycles. The summed E-state index contributed by atoms with van der Waals surface area (Å²) in [5.74, 6) is 0.957. The normalized spacial score (nSPS) is 20.9. The van der Waals surface area contributed by atoms with Crippen LogP contribution in [0.5, 0.6) is 5.75 Å². The number of rotatable bonds is 4. The van der Waals surface area contributed by atoms with Gasteiger partial charge < -0.3 is 10.1 Å². The van der Waals surface area contributed by atoms with E-state index in [9.17, 15) is 9.18 Å². The zero-order chi connectivity index (χ0) is 24.1. The zero-order valence-electron chi connectivity index (χ0n) is 19.9. The number of nitrogens with zero attached hydrogens (tertiary/aromatic N) is 2. The van der Waals surface area contributed by atoms with Crippen LogP contribution in [-0.4, -0.2) is 22.9 Å². The minimum absolute atomic E-state index is 0.0994. The number of halogens is 1. The predicted octanol–water partition coefficient (Wildman–Crippen LogP) is 6.06. The number of nitrogens with one attached hydrogen (secondary N) is 1. The van der Waals surface area contributed by atoms with Gasteiger partial charge in [0.2, 0.25) is 0 Å². The molecule has 1 N–H and O–H groups in total. The van der Waals surface area contributed by atoms with E-state index >= 15 is 0 Å².